The van der Waals surface area contributed by atoms with Gasteiger partial charge in [0, 0.05) is 21.2 Å². The van der Waals surface area contributed by atoms with Gasteiger partial charge >= 0.3 is 0 Å². The van der Waals surface area contributed by atoms with Gasteiger partial charge in [-0.15, -0.1) is 0 Å². The molecule has 0 radical (unpaired) electrons. The third-order valence-electron chi connectivity index (χ3n) is 6.22. The lowest BCUT2D eigenvalue weighted by atomic mass is 9.96. The summed E-state index contributed by atoms with van der Waals surface area (Å²) < 4.78 is 0.968. The van der Waals surface area contributed by atoms with E-state index in [9.17, 15) is 0 Å². The van der Waals surface area contributed by atoms with Gasteiger partial charge in [0.25, 0.3) is 0 Å². The standard InChI is InChI=1S/C33H22BrN3/c34-28-20-21-29(25-18-16-24(17-19-25)23-10-4-1-5-11-23)30(22-28)33-36-31(26-12-6-2-7-13-26)35-32(37-33)27-14-8-3-9-15-27/h1-22H. The van der Waals surface area contributed by atoms with Gasteiger partial charge in [0.15, 0.2) is 17.5 Å². The molecule has 0 fully saturated rings. The van der Waals surface area contributed by atoms with Crippen LogP contribution in [0.1, 0.15) is 0 Å². The first kappa shape index (κ1) is 23.0. The van der Waals surface area contributed by atoms with Crippen molar-refractivity contribution in [3.05, 3.63) is 138 Å². The van der Waals surface area contributed by atoms with Gasteiger partial charge in [-0.1, -0.05) is 137 Å². The van der Waals surface area contributed by atoms with Crippen LogP contribution in [0.4, 0.5) is 0 Å². The Labute approximate surface area is 224 Å². The Morgan fingerprint density at radius 2 is 0.784 bits per heavy atom. The maximum atomic E-state index is 4.95. The zero-order valence-electron chi connectivity index (χ0n) is 19.9. The molecule has 4 heteroatoms. The first-order chi connectivity index (χ1) is 18.2. The molecule has 0 spiro atoms. The second-order valence-electron chi connectivity index (χ2n) is 8.67. The van der Waals surface area contributed by atoms with Crippen molar-refractivity contribution >= 4 is 15.9 Å². The summed E-state index contributed by atoms with van der Waals surface area (Å²) in [6.07, 6.45) is 0. The molecule has 0 aliphatic carbocycles. The SMILES string of the molecule is Brc1ccc(-c2ccc(-c3ccccc3)cc2)c(-c2nc(-c3ccccc3)nc(-c3ccccc3)n2)c1. The van der Waals surface area contributed by atoms with Gasteiger partial charge < -0.3 is 0 Å². The molecule has 1 heterocycles. The van der Waals surface area contributed by atoms with Crippen molar-refractivity contribution in [2.45, 2.75) is 0 Å². The third-order valence-corrected chi connectivity index (χ3v) is 6.72. The molecule has 0 aliphatic heterocycles. The van der Waals surface area contributed by atoms with Crippen molar-refractivity contribution in [2.24, 2.45) is 0 Å². The van der Waals surface area contributed by atoms with Gasteiger partial charge in [-0.2, -0.15) is 0 Å². The molecule has 0 saturated heterocycles. The van der Waals surface area contributed by atoms with E-state index in [0.717, 1.165) is 32.3 Å². The third kappa shape index (κ3) is 4.97. The normalized spacial score (nSPS) is 10.8. The van der Waals surface area contributed by atoms with Crippen LogP contribution in [0.15, 0.2) is 138 Å². The van der Waals surface area contributed by atoms with E-state index >= 15 is 0 Å². The van der Waals surface area contributed by atoms with Gasteiger partial charge in [-0.25, -0.2) is 15.0 Å². The maximum Gasteiger partial charge on any atom is 0.164 e. The maximum absolute atomic E-state index is 4.95. The lowest BCUT2D eigenvalue weighted by molar-refractivity contribution is 1.07. The van der Waals surface area contributed by atoms with Crippen molar-refractivity contribution in [3.8, 4) is 56.4 Å². The van der Waals surface area contributed by atoms with Crippen molar-refractivity contribution in [1.82, 2.24) is 15.0 Å². The predicted octanol–water partition coefficient (Wildman–Crippen LogP) is 8.97. The first-order valence-electron chi connectivity index (χ1n) is 12.1. The van der Waals surface area contributed by atoms with Crippen molar-refractivity contribution in [1.29, 1.82) is 0 Å². The molecule has 0 saturated carbocycles. The fourth-order valence-corrected chi connectivity index (χ4v) is 4.72. The Bertz CT molecular complexity index is 1590. The summed E-state index contributed by atoms with van der Waals surface area (Å²) in [5.74, 6) is 1.93. The van der Waals surface area contributed by atoms with Crippen molar-refractivity contribution < 1.29 is 0 Å². The smallest absolute Gasteiger partial charge is 0.164 e. The lowest BCUT2D eigenvalue weighted by Crippen LogP contribution is -2.01. The number of aromatic nitrogens is 3. The highest BCUT2D eigenvalue weighted by Crippen LogP contribution is 2.35. The second kappa shape index (κ2) is 10.3. The monoisotopic (exact) mass is 539 g/mol. The lowest BCUT2D eigenvalue weighted by Gasteiger charge is -2.13. The molecule has 6 aromatic rings. The number of hydrogen-bond acceptors (Lipinski definition) is 3. The Kier molecular flexibility index (Phi) is 6.40. The summed E-state index contributed by atoms with van der Waals surface area (Å²) >= 11 is 3.66. The molecule has 0 aliphatic rings. The van der Waals surface area contributed by atoms with E-state index in [1.165, 1.54) is 11.1 Å². The summed E-state index contributed by atoms with van der Waals surface area (Å²) in [4.78, 5) is 14.7. The van der Waals surface area contributed by atoms with Crippen LogP contribution < -0.4 is 0 Å². The van der Waals surface area contributed by atoms with E-state index in [2.05, 4.69) is 82.7 Å². The van der Waals surface area contributed by atoms with Crippen LogP contribution in [0.5, 0.6) is 0 Å². The van der Waals surface area contributed by atoms with E-state index in [4.69, 9.17) is 15.0 Å². The van der Waals surface area contributed by atoms with Crippen LogP contribution in [0.3, 0.4) is 0 Å². The molecular formula is C33H22BrN3. The highest BCUT2D eigenvalue weighted by Gasteiger charge is 2.16. The summed E-state index contributed by atoms with van der Waals surface area (Å²) in [6, 6.07) is 45.4. The van der Waals surface area contributed by atoms with E-state index < -0.39 is 0 Å². The topological polar surface area (TPSA) is 38.7 Å². The van der Waals surface area contributed by atoms with Crippen LogP contribution in [-0.4, -0.2) is 15.0 Å². The molecular weight excluding hydrogens is 518 g/mol. The average Bonchev–Trinajstić information content (AvgIpc) is 2.98. The molecule has 0 bridgehead atoms. The van der Waals surface area contributed by atoms with Crippen LogP contribution >= 0.6 is 15.9 Å². The largest absolute Gasteiger partial charge is 0.208 e. The van der Waals surface area contributed by atoms with E-state index in [1.54, 1.807) is 0 Å². The number of halogens is 1. The molecule has 3 nitrogen and oxygen atoms in total. The molecule has 0 amide bonds. The number of nitrogens with zero attached hydrogens (tertiary/aromatic N) is 3. The minimum Gasteiger partial charge on any atom is -0.208 e. The highest BCUT2D eigenvalue weighted by atomic mass is 79.9. The van der Waals surface area contributed by atoms with E-state index in [1.807, 2.05) is 66.7 Å². The predicted molar refractivity (Wildman–Crippen MR) is 155 cm³/mol. The van der Waals surface area contributed by atoms with Crippen molar-refractivity contribution in [3.63, 3.8) is 0 Å². The molecule has 0 atom stereocenters. The fraction of sp³-hybridized carbons (Fsp3) is 0. The molecule has 37 heavy (non-hydrogen) atoms. The van der Waals surface area contributed by atoms with Crippen LogP contribution in [0, 0.1) is 0 Å². The quantitative estimate of drug-likeness (QED) is 0.219. The van der Waals surface area contributed by atoms with E-state index in [0.29, 0.717) is 17.5 Å². The van der Waals surface area contributed by atoms with E-state index in [-0.39, 0.29) is 0 Å². The first-order valence-corrected chi connectivity index (χ1v) is 12.9. The van der Waals surface area contributed by atoms with Gasteiger partial charge in [0.2, 0.25) is 0 Å². The highest BCUT2D eigenvalue weighted by molar-refractivity contribution is 9.10. The summed E-state index contributed by atoms with van der Waals surface area (Å²) in [6.45, 7) is 0. The van der Waals surface area contributed by atoms with Crippen LogP contribution in [0.2, 0.25) is 0 Å². The minimum atomic E-state index is 0.635. The van der Waals surface area contributed by atoms with Gasteiger partial charge in [0.1, 0.15) is 0 Å². The minimum absolute atomic E-state index is 0.635. The van der Waals surface area contributed by atoms with Gasteiger partial charge in [0.05, 0.1) is 0 Å². The van der Waals surface area contributed by atoms with Crippen LogP contribution in [-0.2, 0) is 0 Å². The molecule has 5 aromatic carbocycles. The van der Waals surface area contributed by atoms with Crippen molar-refractivity contribution in [2.75, 3.05) is 0 Å². The second-order valence-corrected chi connectivity index (χ2v) is 9.59. The molecule has 0 N–H and O–H groups in total. The molecule has 176 valence electrons. The number of rotatable bonds is 5. The van der Waals surface area contributed by atoms with Crippen LogP contribution in [0.25, 0.3) is 56.4 Å². The summed E-state index contributed by atoms with van der Waals surface area (Å²) in [5.41, 5.74) is 7.39. The van der Waals surface area contributed by atoms with Gasteiger partial charge in [-0.3, -0.25) is 0 Å². The number of hydrogen-bond donors (Lipinski definition) is 0. The Hall–Kier alpha value is -4.41. The number of benzene rings is 5. The molecule has 0 unspecified atom stereocenters. The zero-order chi connectivity index (χ0) is 25.0. The summed E-state index contributed by atoms with van der Waals surface area (Å²) in [5, 5.41) is 0. The van der Waals surface area contributed by atoms with Gasteiger partial charge in [-0.05, 0) is 34.4 Å². The Morgan fingerprint density at radius 1 is 0.351 bits per heavy atom. The fourth-order valence-electron chi connectivity index (χ4n) is 4.36. The molecule has 1 aromatic heterocycles. The summed E-state index contributed by atoms with van der Waals surface area (Å²) in [7, 11) is 0. The molecule has 6 rings (SSSR count). The Balaban J connectivity index is 1.50. The Morgan fingerprint density at radius 3 is 1.32 bits per heavy atom. The average molecular weight is 540 g/mol. The zero-order valence-corrected chi connectivity index (χ0v) is 21.5.